The highest BCUT2D eigenvalue weighted by Crippen LogP contribution is 2.39. The van der Waals surface area contributed by atoms with Gasteiger partial charge in [0.15, 0.2) is 0 Å². The van der Waals surface area contributed by atoms with Crippen molar-refractivity contribution in [3.8, 4) is 6.07 Å². The molecule has 1 N–H and O–H groups in total. The number of carboxylic acid groups (broad SMARTS) is 1. The maximum atomic E-state index is 11.4. The van der Waals surface area contributed by atoms with Crippen LogP contribution in [0, 0.1) is 11.3 Å². The smallest absolute Gasteiger partial charge is 0.346 e. The van der Waals surface area contributed by atoms with Gasteiger partial charge in [-0.05, 0) is 109 Å². The largest absolute Gasteiger partial charge is 0.477 e. The number of nitrogens with zero attached hydrogens (tertiary/aromatic N) is 3. The normalized spacial score (nSPS) is 13.8. The molecule has 0 saturated heterocycles. The number of benzene rings is 5. The topological polar surface area (TPSA) is 67.6 Å². The van der Waals surface area contributed by atoms with E-state index in [-0.39, 0.29) is 5.57 Å². The monoisotopic (exact) mass is 599 g/mol. The number of nitriles is 1. The highest BCUT2D eigenvalue weighted by atomic mass is 16.4. The maximum Gasteiger partial charge on any atom is 0.346 e. The standard InChI is InChI=1S/C41H33N3O2/c42-30-40(41(45)46)33-12-10-11-32(29-33)20-19-31-21-23-37(24-22-31)44(36-17-8-3-9-18-36)39-27-25-38(26-28-39)43(34-13-4-1-5-14-34)35-15-6-2-7-16-35/h1-9,13-29H,10-12H2,(H,45,46). The molecule has 0 saturated carbocycles. The van der Waals surface area contributed by atoms with Gasteiger partial charge in [-0.15, -0.1) is 0 Å². The molecule has 0 fully saturated rings. The summed E-state index contributed by atoms with van der Waals surface area (Å²) in [5.41, 5.74) is 8.85. The predicted octanol–water partition coefficient (Wildman–Crippen LogP) is 10.7. The van der Waals surface area contributed by atoms with Crippen LogP contribution in [0.4, 0.5) is 34.1 Å². The van der Waals surface area contributed by atoms with E-state index in [1.165, 1.54) is 0 Å². The van der Waals surface area contributed by atoms with Gasteiger partial charge in [-0.3, -0.25) is 0 Å². The van der Waals surface area contributed by atoms with Gasteiger partial charge in [0.1, 0.15) is 11.6 Å². The number of hydrogen-bond donors (Lipinski definition) is 1. The first-order chi connectivity index (χ1) is 22.6. The van der Waals surface area contributed by atoms with Gasteiger partial charge in [0.05, 0.1) is 0 Å². The van der Waals surface area contributed by atoms with Gasteiger partial charge >= 0.3 is 5.97 Å². The quantitative estimate of drug-likeness (QED) is 0.135. The first-order valence-corrected chi connectivity index (χ1v) is 15.3. The summed E-state index contributed by atoms with van der Waals surface area (Å²) in [6.45, 7) is 0. The highest BCUT2D eigenvalue weighted by molar-refractivity contribution is 5.92. The number of carboxylic acids is 1. The molecular weight excluding hydrogens is 566 g/mol. The fraction of sp³-hybridized carbons (Fsp3) is 0.0732. The van der Waals surface area contributed by atoms with Crippen LogP contribution in [0.3, 0.4) is 0 Å². The SMILES string of the molecule is N#CC(C(=O)O)=C1C=C(C=Cc2ccc(N(c3ccccc3)c3ccc(N(c4ccccc4)c4ccccc4)cc3)cc2)CCC1. The number of aliphatic carboxylic acids is 1. The molecule has 5 heteroatoms. The molecule has 0 aliphatic heterocycles. The third-order valence-electron chi connectivity index (χ3n) is 7.97. The molecule has 0 heterocycles. The van der Waals surface area contributed by atoms with Crippen LogP contribution in [-0.4, -0.2) is 11.1 Å². The Kier molecular flexibility index (Phi) is 9.18. The number of carbonyl (C=O) groups is 1. The van der Waals surface area contributed by atoms with Crippen molar-refractivity contribution in [1.29, 1.82) is 5.26 Å². The van der Waals surface area contributed by atoms with Crippen molar-refractivity contribution in [3.63, 3.8) is 0 Å². The summed E-state index contributed by atoms with van der Waals surface area (Å²) in [4.78, 5) is 15.9. The van der Waals surface area contributed by atoms with Crippen molar-refractivity contribution < 1.29 is 9.90 Å². The van der Waals surface area contributed by atoms with Gasteiger partial charge in [-0.2, -0.15) is 5.26 Å². The van der Waals surface area contributed by atoms with E-state index in [0.29, 0.717) is 12.0 Å². The van der Waals surface area contributed by atoms with E-state index >= 15 is 0 Å². The van der Waals surface area contributed by atoms with Crippen LogP contribution < -0.4 is 9.80 Å². The van der Waals surface area contributed by atoms with Crippen molar-refractivity contribution in [2.75, 3.05) is 9.80 Å². The number of anilines is 6. The van der Waals surface area contributed by atoms with Crippen molar-refractivity contribution in [1.82, 2.24) is 0 Å². The van der Waals surface area contributed by atoms with Crippen LogP contribution in [0.2, 0.25) is 0 Å². The molecule has 5 nitrogen and oxygen atoms in total. The second-order valence-electron chi connectivity index (χ2n) is 11.0. The number of hydrogen-bond acceptors (Lipinski definition) is 4. The first-order valence-electron chi connectivity index (χ1n) is 15.3. The number of allylic oxidation sites excluding steroid dienone is 4. The summed E-state index contributed by atoms with van der Waals surface area (Å²) in [5.74, 6) is -1.17. The van der Waals surface area contributed by atoms with Gasteiger partial charge in [0, 0.05) is 34.1 Å². The molecule has 0 atom stereocenters. The van der Waals surface area contributed by atoms with Crippen molar-refractivity contribution in [2.45, 2.75) is 19.3 Å². The van der Waals surface area contributed by atoms with Crippen LogP contribution in [0.5, 0.6) is 0 Å². The summed E-state index contributed by atoms with van der Waals surface area (Å²) < 4.78 is 0. The Labute approximate surface area is 269 Å². The number of rotatable bonds is 9. The first kappa shape index (κ1) is 29.9. The molecule has 224 valence electrons. The average Bonchev–Trinajstić information content (AvgIpc) is 3.11. The van der Waals surface area contributed by atoms with E-state index in [0.717, 1.165) is 58.1 Å². The molecule has 5 aromatic rings. The average molecular weight is 600 g/mol. The predicted molar refractivity (Wildman–Crippen MR) is 187 cm³/mol. The third-order valence-corrected chi connectivity index (χ3v) is 7.97. The van der Waals surface area contributed by atoms with Gasteiger partial charge in [-0.1, -0.05) is 85.0 Å². The Balaban J connectivity index is 1.29. The van der Waals surface area contributed by atoms with E-state index < -0.39 is 5.97 Å². The number of para-hydroxylation sites is 3. The lowest BCUT2D eigenvalue weighted by molar-refractivity contribution is -0.132. The lowest BCUT2D eigenvalue weighted by Crippen LogP contribution is -2.12. The molecule has 0 spiro atoms. The molecular formula is C41H33N3O2. The van der Waals surface area contributed by atoms with Crippen LogP contribution in [-0.2, 0) is 4.79 Å². The van der Waals surface area contributed by atoms with Gasteiger partial charge in [-0.25, -0.2) is 4.79 Å². The maximum absolute atomic E-state index is 11.4. The molecule has 6 rings (SSSR count). The Morgan fingerprint density at radius 1 is 0.587 bits per heavy atom. The summed E-state index contributed by atoms with van der Waals surface area (Å²) in [6, 6.07) is 49.9. The van der Waals surface area contributed by atoms with Crippen molar-refractivity contribution >= 4 is 46.2 Å². The van der Waals surface area contributed by atoms with E-state index in [1.807, 2.05) is 54.6 Å². The molecule has 0 aromatic heterocycles. The van der Waals surface area contributed by atoms with Gasteiger partial charge in [0.2, 0.25) is 0 Å². The summed E-state index contributed by atoms with van der Waals surface area (Å²) >= 11 is 0. The van der Waals surface area contributed by atoms with E-state index in [1.54, 1.807) is 0 Å². The van der Waals surface area contributed by atoms with E-state index in [4.69, 9.17) is 0 Å². The lowest BCUT2D eigenvalue weighted by Gasteiger charge is -2.28. The minimum Gasteiger partial charge on any atom is -0.477 e. The molecule has 1 aliphatic carbocycles. The Hall–Kier alpha value is -6.12. The molecule has 0 bridgehead atoms. The minimum absolute atomic E-state index is 0.170. The fourth-order valence-electron chi connectivity index (χ4n) is 5.75. The molecule has 46 heavy (non-hydrogen) atoms. The van der Waals surface area contributed by atoms with E-state index in [2.05, 4.69) is 119 Å². The van der Waals surface area contributed by atoms with Gasteiger partial charge < -0.3 is 14.9 Å². The molecule has 5 aromatic carbocycles. The van der Waals surface area contributed by atoms with E-state index in [9.17, 15) is 15.2 Å². The molecule has 1 aliphatic rings. The Morgan fingerprint density at radius 2 is 1.00 bits per heavy atom. The molecule has 0 radical (unpaired) electrons. The second kappa shape index (κ2) is 14.1. The zero-order chi connectivity index (χ0) is 31.7. The Bertz CT molecular complexity index is 1880. The zero-order valence-electron chi connectivity index (χ0n) is 25.3. The van der Waals surface area contributed by atoms with Crippen molar-refractivity contribution in [2.24, 2.45) is 0 Å². The zero-order valence-corrected chi connectivity index (χ0v) is 25.3. The van der Waals surface area contributed by atoms with Gasteiger partial charge in [0.25, 0.3) is 0 Å². The summed E-state index contributed by atoms with van der Waals surface area (Å²) in [5, 5.41) is 18.6. The highest BCUT2D eigenvalue weighted by Gasteiger charge is 2.17. The molecule has 0 unspecified atom stereocenters. The minimum atomic E-state index is -1.17. The summed E-state index contributed by atoms with van der Waals surface area (Å²) in [6.07, 6.45) is 8.17. The fourth-order valence-corrected chi connectivity index (χ4v) is 5.75. The van der Waals surface area contributed by atoms with Crippen LogP contribution in [0.25, 0.3) is 6.08 Å². The van der Waals surface area contributed by atoms with Crippen molar-refractivity contribution in [3.05, 3.63) is 174 Å². The second-order valence-corrected chi connectivity index (χ2v) is 11.0. The van der Waals surface area contributed by atoms with Crippen LogP contribution in [0.1, 0.15) is 24.8 Å². The van der Waals surface area contributed by atoms with Crippen LogP contribution in [0.15, 0.2) is 168 Å². The summed E-state index contributed by atoms with van der Waals surface area (Å²) in [7, 11) is 0. The third kappa shape index (κ3) is 6.83. The lowest BCUT2D eigenvalue weighted by atomic mass is 9.91. The Morgan fingerprint density at radius 3 is 1.41 bits per heavy atom. The van der Waals surface area contributed by atoms with Crippen LogP contribution >= 0.6 is 0 Å². The molecule has 0 amide bonds.